The molecule has 4 rings (SSSR count). The van der Waals surface area contributed by atoms with E-state index in [1.807, 2.05) is 0 Å². The Bertz CT molecular complexity index is 1330. The summed E-state index contributed by atoms with van der Waals surface area (Å²) < 4.78 is 44.2. The average molecular weight is 518 g/mol. The lowest BCUT2D eigenvalue weighted by atomic mass is 9.83. The molecule has 7 nitrogen and oxygen atoms in total. The number of aliphatic imine (C=N–C) groups is 1. The fourth-order valence-electron chi connectivity index (χ4n) is 3.42. The number of benzene rings is 3. The molecular formula is C22H17BrFN3O4S. The quantitative estimate of drug-likeness (QED) is 0.522. The maximum absolute atomic E-state index is 13.8. The van der Waals surface area contributed by atoms with Crippen LogP contribution in [0.4, 0.5) is 4.39 Å². The van der Waals surface area contributed by atoms with E-state index in [2.05, 4.69) is 20.9 Å². The number of nitrogens with two attached hydrogens (primary N) is 1. The molecule has 0 bridgehead atoms. The van der Waals surface area contributed by atoms with Crippen LogP contribution in [0.15, 0.2) is 87.2 Å². The van der Waals surface area contributed by atoms with E-state index in [-0.39, 0.29) is 21.1 Å². The number of nitrogens with zero attached hydrogens (tertiary/aromatic N) is 2. The Hall–Kier alpha value is -3.24. The van der Waals surface area contributed by atoms with Crippen molar-refractivity contribution < 1.29 is 21.8 Å². The first kappa shape index (κ1) is 22.0. The maximum Gasteiger partial charge on any atom is 0.339 e. The molecule has 0 aromatic heterocycles. The van der Waals surface area contributed by atoms with Crippen molar-refractivity contribution in [2.24, 2.45) is 10.7 Å². The van der Waals surface area contributed by atoms with Crippen LogP contribution in [-0.2, 0) is 20.5 Å². The van der Waals surface area contributed by atoms with Crippen molar-refractivity contribution in [1.82, 2.24) is 4.90 Å². The molecule has 1 atom stereocenters. The van der Waals surface area contributed by atoms with Gasteiger partial charge in [0.1, 0.15) is 16.5 Å². The van der Waals surface area contributed by atoms with Crippen LogP contribution in [0, 0.1) is 5.82 Å². The molecule has 164 valence electrons. The number of halogens is 2. The molecular weight excluding hydrogens is 501 g/mol. The summed E-state index contributed by atoms with van der Waals surface area (Å²) in [5.74, 6) is -0.861. The number of amides is 1. The fraction of sp³-hybridized carbons (Fsp3) is 0.0909. The van der Waals surface area contributed by atoms with E-state index in [9.17, 15) is 17.6 Å². The first-order valence-corrected chi connectivity index (χ1v) is 11.5. The summed E-state index contributed by atoms with van der Waals surface area (Å²) in [6, 6.07) is 17.8. The summed E-state index contributed by atoms with van der Waals surface area (Å²) in [7, 11) is -2.53. The van der Waals surface area contributed by atoms with Crippen LogP contribution in [0.3, 0.4) is 0 Å². The van der Waals surface area contributed by atoms with Gasteiger partial charge in [0.15, 0.2) is 11.5 Å². The molecule has 0 radical (unpaired) electrons. The topological polar surface area (TPSA) is 102 Å². The Morgan fingerprint density at radius 1 is 1.03 bits per heavy atom. The lowest BCUT2D eigenvalue weighted by Crippen LogP contribution is -2.41. The zero-order valence-electron chi connectivity index (χ0n) is 16.7. The number of carbonyl (C=O) groups is 1. The van der Waals surface area contributed by atoms with Crippen molar-refractivity contribution in [3.63, 3.8) is 0 Å². The van der Waals surface area contributed by atoms with Crippen LogP contribution >= 0.6 is 15.9 Å². The van der Waals surface area contributed by atoms with Gasteiger partial charge in [-0.15, -0.1) is 0 Å². The summed E-state index contributed by atoms with van der Waals surface area (Å²) in [5, 5.41) is 0. The number of likely N-dealkylation sites (N-methyl/N-ethyl adjacent to an activating group) is 1. The van der Waals surface area contributed by atoms with Gasteiger partial charge in [0, 0.05) is 7.05 Å². The van der Waals surface area contributed by atoms with Gasteiger partial charge in [-0.3, -0.25) is 9.69 Å². The van der Waals surface area contributed by atoms with Gasteiger partial charge in [0.25, 0.3) is 5.91 Å². The Labute approximate surface area is 192 Å². The molecule has 0 saturated carbocycles. The molecule has 1 heterocycles. The molecule has 0 fully saturated rings. The van der Waals surface area contributed by atoms with Gasteiger partial charge < -0.3 is 9.92 Å². The highest BCUT2D eigenvalue weighted by molar-refractivity contribution is 9.10. The van der Waals surface area contributed by atoms with Crippen molar-refractivity contribution in [2.45, 2.75) is 10.4 Å². The zero-order chi connectivity index (χ0) is 23.1. The van der Waals surface area contributed by atoms with E-state index in [0.717, 1.165) is 0 Å². The van der Waals surface area contributed by atoms with Crippen LogP contribution in [0.25, 0.3) is 0 Å². The Morgan fingerprint density at radius 2 is 1.66 bits per heavy atom. The van der Waals surface area contributed by atoms with E-state index >= 15 is 0 Å². The van der Waals surface area contributed by atoms with Crippen LogP contribution in [0.1, 0.15) is 11.1 Å². The third-order valence-electron chi connectivity index (χ3n) is 5.09. The predicted molar refractivity (Wildman–Crippen MR) is 120 cm³/mol. The smallest absolute Gasteiger partial charge is 0.339 e. The van der Waals surface area contributed by atoms with E-state index in [0.29, 0.717) is 11.1 Å². The van der Waals surface area contributed by atoms with Crippen molar-refractivity contribution in [3.8, 4) is 5.75 Å². The molecule has 3 aromatic carbocycles. The minimum Gasteiger partial charge on any atom is -0.379 e. The number of carbonyl (C=O) groups excluding carboxylic acids is 1. The SMILES string of the molecule is CN1C(=O)C(c2ccc(OS(=O)(=O)c3ccccc3)cc2)(c2ccc(F)c(Br)c2)N=C1N. The minimum atomic E-state index is -4.02. The summed E-state index contributed by atoms with van der Waals surface area (Å²) in [4.78, 5) is 18.9. The molecule has 1 unspecified atom stereocenters. The highest BCUT2D eigenvalue weighted by Crippen LogP contribution is 2.41. The molecule has 10 heteroatoms. The van der Waals surface area contributed by atoms with Crippen molar-refractivity contribution in [3.05, 3.63) is 94.2 Å². The normalized spacial score (nSPS) is 18.5. The molecule has 0 aliphatic carbocycles. The summed E-state index contributed by atoms with van der Waals surface area (Å²) in [6.45, 7) is 0. The number of hydrogen-bond donors (Lipinski definition) is 1. The fourth-order valence-corrected chi connectivity index (χ4v) is 4.75. The van der Waals surface area contributed by atoms with Crippen LogP contribution < -0.4 is 9.92 Å². The Balaban J connectivity index is 1.76. The van der Waals surface area contributed by atoms with Crippen LogP contribution in [-0.4, -0.2) is 32.2 Å². The van der Waals surface area contributed by atoms with Gasteiger partial charge in [-0.2, -0.15) is 8.42 Å². The zero-order valence-corrected chi connectivity index (χ0v) is 19.1. The third-order valence-corrected chi connectivity index (χ3v) is 6.96. The molecule has 1 aliphatic heterocycles. The number of hydrogen-bond acceptors (Lipinski definition) is 6. The second-order valence-electron chi connectivity index (χ2n) is 7.05. The largest absolute Gasteiger partial charge is 0.379 e. The van der Waals surface area contributed by atoms with Gasteiger partial charge in [-0.1, -0.05) is 36.4 Å². The van der Waals surface area contributed by atoms with Gasteiger partial charge in [-0.25, -0.2) is 9.38 Å². The molecule has 32 heavy (non-hydrogen) atoms. The first-order valence-electron chi connectivity index (χ1n) is 9.34. The third kappa shape index (κ3) is 3.65. The predicted octanol–water partition coefficient (Wildman–Crippen LogP) is 3.39. The molecule has 0 saturated heterocycles. The number of rotatable bonds is 5. The highest BCUT2D eigenvalue weighted by atomic mass is 79.9. The lowest BCUT2D eigenvalue weighted by Gasteiger charge is -2.26. The van der Waals surface area contributed by atoms with Crippen molar-refractivity contribution in [1.29, 1.82) is 0 Å². The van der Waals surface area contributed by atoms with Gasteiger partial charge in [0.05, 0.1) is 4.47 Å². The monoisotopic (exact) mass is 517 g/mol. The maximum atomic E-state index is 13.8. The highest BCUT2D eigenvalue weighted by Gasteiger charge is 2.49. The van der Waals surface area contributed by atoms with Crippen LogP contribution in [0.5, 0.6) is 5.75 Å². The first-order chi connectivity index (χ1) is 15.1. The molecule has 0 spiro atoms. The molecule has 1 amide bonds. The van der Waals surface area contributed by atoms with Gasteiger partial charge in [-0.05, 0) is 63.5 Å². The van der Waals surface area contributed by atoms with E-state index in [1.165, 1.54) is 66.5 Å². The van der Waals surface area contributed by atoms with Gasteiger partial charge >= 0.3 is 10.1 Å². The second kappa shape index (κ2) is 8.03. The van der Waals surface area contributed by atoms with Crippen molar-refractivity contribution in [2.75, 3.05) is 7.05 Å². The Morgan fingerprint density at radius 3 is 2.22 bits per heavy atom. The van der Waals surface area contributed by atoms with E-state index < -0.39 is 27.4 Å². The minimum absolute atomic E-state index is 0.00225. The van der Waals surface area contributed by atoms with E-state index in [1.54, 1.807) is 18.2 Å². The van der Waals surface area contributed by atoms with Gasteiger partial charge in [0.2, 0.25) is 0 Å². The second-order valence-corrected chi connectivity index (χ2v) is 9.45. The van der Waals surface area contributed by atoms with Crippen molar-refractivity contribution >= 4 is 37.9 Å². The Kier molecular flexibility index (Phi) is 5.51. The number of guanidine groups is 1. The van der Waals surface area contributed by atoms with E-state index in [4.69, 9.17) is 9.92 Å². The molecule has 2 N–H and O–H groups in total. The summed E-state index contributed by atoms with van der Waals surface area (Å²) >= 11 is 3.14. The summed E-state index contributed by atoms with van der Waals surface area (Å²) in [6.07, 6.45) is 0. The lowest BCUT2D eigenvalue weighted by molar-refractivity contribution is -0.129. The average Bonchev–Trinajstić information content (AvgIpc) is 3.01. The van der Waals surface area contributed by atoms with Crippen LogP contribution in [0.2, 0.25) is 0 Å². The molecule has 3 aromatic rings. The molecule has 1 aliphatic rings. The summed E-state index contributed by atoms with van der Waals surface area (Å²) in [5.41, 5.74) is 5.19. The standard InChI is InChI=1S/C22H17BrFN3O4S/c1-27-20(28)22(26-21(27)25,15-9-12-19(24)18(23)13-15)14-7-10-16(11-8-14)31-32(29,30)17-5-3-2-4-6-17/h2-13H,1H3,(H2,25,26).